The van der Waals surface area contributed by atoms with E-state index in [4.69, 9.17) is 23.7 Å². The fourth-order valence-corrected chi connectivity index (χ4v) is 2.76. The molecule has 0 aliphatic carbocycles. The van der Waals surface area contributed by atoms with Gasteiger partial charge in [-0.2, -0.15) is 0 Å². The van der Waals surface area contributed by atoms with Gasteiger partial charge in [-0.1, -0.05) is 38.2 Å². The van der Waals surface area contributed by atoms with Gasteiger partial charge in [0.25, 0.3) is 0 Å². The van der Waals surface area contributed by atoms with Crippen LogP contribution in [-0.4, -0.2) is 64.2 Å². The molecule has 0 spiro atoms. The zero-order valence-electron chi connectivity index (χ0n) is 18.5. The molecule has 0 aromatic carbocycles. The van der Waals surface area contributed by atoms with Crippen LogP contribution in [0.2, 0.25) is 0 Å². The fourth-order valence-electron chi connectivity index (χ4n) is 2.76. The van der Waals surface area contributed by atoms with E-state index >= 15 is 0 Å². The van der Waals surface area contributed by atoms with Crippen LogP contribution in [0.15, 0.2) is 24.3 Å². The molecule has 0 radical (unpaired) electrons. The number of cyclic esters (lactones) is 3. The zero-order chi connectivity index (χ0) is 22.5. The van der Waals surface area contributed by atoms with Crippen LogP contribution in [0, 0.1) is 17.8 Å². The first-order valence-corrected chi connectivity index (χ1v) is 10.1. The molecule has 0 unspecified atom stereocenters. The summed E-state index contributed by atoms with van der Waals surface area (Å²) in [6.45, 7) is 5.56. The molecule has 1 rings (SSSR count). The number of ether oxygens (including phenoxy) is 5. The normalized spacial score (nSPS) is 33.0. The molecule has 1 aliphatic rings. The first-order valence-electron chi connectivity index (χ1n) is 10.1. The molecule has 170 valence electrons. The second kappa shape index (κ2) is 13.9. The second-order valence-corrected chi connectivity index (χ2v) is 7.43. The Hall–Kier alpha value is -2.19. The number of esters is 3. The van der Waals surface area contributed by atoms with Crippen molar-refractivity contribution in [3.63, 3.8) is 0 Å². The monoisotopic (exact) mass is 426 g/mol. The Morgan fingerprint density at radius 2 is 1.17 bits per heavy atom. The van der Waals surface area contributed by atoms with Crippen LogP contribution in [0.4, 0.5) is 0 Å². The summed E-state index contributed by atoms with van der Waals surface area (Å²) in [4.78, 5) is 36.0. The third-order valence-electron chi connectivity index (χ3n) is 4.92. The van der Waals surface area contributed by atoms with Crippen molar-refractivity contribution in [3.8, 4) is 0 Å². The maximum atomic E-state index is 12.1. The van der Waals surface area contributed by atoms with E-state index in [1.807, 2.05) is 26.0 Å². The van der Waals surface area contributed by atoms with Crippen molar-refractivity contribution in [3.05, 3.63) is 24.3 Å². The molecule has 8 nitrogen and oxygen atoms in total. The van der Waals surface area contributed by atoms with Crippen LogP contribution < -0.4 is 0 Å². The Morgan fingerprint density at radius 1 is 0.733 bits per heavy atom. The summed E-state index contributed by atoms with van der Waals surface area (Å²) in [6, 6.07) is 0. The lowest BCUT2D eigenvalue weighted by atomic mass is 10.0. The Bertz CT molecular complexity index is 612. The molecule has 0 saturated heterocycles. The van der Waals surface area contributed by atoms with E-state index in [-0.39, 0.29) is 62.7 Å². The van der Waals surface area contributed by atoms with Crippen molar-refractivity contribution in [2.45, 2.75) is 45.8 Å². The molecular formula is C22H34O8. The molecule has 0 aromatic heterocycles. The van der Waals surface area contributed by atoms with Crippen LogP contribution in [-0.2, 0) is 38.1 Å². The predicted molar refractivity (Wildman–Crippen MR) is 109 cm³/mol. The summed E-state index contributed by atoms with van der Waals surface area (Å²) in [5.74, 6) is -2.03. The van der Waals surface area contributed by atoms with Gasteiger partial charge in [0.1, 0.15) is 19.8 Å². The molecule has 0 N–H and O–H groups in total. The number of carbonyl (C=O) groups excluding carboxylic acids is 3. The van der Waals surface area contributed by atoms with E-state index in [1.54, 1.807) is 26.2 Å². The highest BCUT2D eigenvalue weighted by atomic mass is 16.6. The maximum Gasteiger partial charge on any atom is 0.312 e. The molecule has 0 bridgehead atoms. The lowest BCUT2D eigenvalue weighted by Crippen LogP contribution is -2.30. The lowest BCUT2D eigenvalue weighted by molar-refractivity contribution is -0.157. The van der Waals surface area contributed by atoms with Crippen molar-refractivity contribution in [2.75, 3.05) is 34.0 Å². The van der Waals surface area contributed by atoms with Crippen LogP contribution in [0.3, 0.4) is 0 Å². The van der Waals surface area contributed by atoms with Crippen LogP contribution >= 0.6 is 0 Å². The number of rotatable bonds is 2. The Kier molecular flexibility index (Phi) is 12.0. The van der Waals surface area contributed by atoms with Gasteiger partial charge in [-0.05, 0) is 6.92 Å². The van der Waals surface area contributed by atoms with Gasteiger partial charge in [0.05, 0.1) is 31.0 Å². The van der Waals surface area contributed by atoms with Crippen LogP contribution in [0.5, 0.6) is 0 Å². The van der Waals surface area contributed by atoms with E-state index < -0.39 is 17.9 Å². The smallest absolute Gasteiger partial charge is 0.312 e. The third-order valence-corrected chi connectivity index (χ3v) is 4.92. The van der Waals surface area contributed by atoms with Crippen LogP contribution in [0.1, 0.15) is 33.6 Å². The van der Waals surface area contributed by atoms with Gasteiger partial charge in [-0.3, -0.25) is 14.4 Å². The van der Waals surface area contributed by atoms with Crippen molar-refractivity contribution < 1.29 is 38.1 Å². The summed E-state index contributed by atoms with van der Waals surface area (Å²) in [6.07, 6.45) is 6.51. The summed E-state index contributed by atoms with van der Waals surface area (Å²) < 4.78 is 26.5. The number of hydrogen-bond donors (Lipinski definition) is 0. The Labute approximate surface area is 178 Å². The molecule has 0 aromatic rings. The minimum Gasteiger partial charge on any atom is -0.465 e. The van der Waals surface area contributed by atoms with Gasteiger partial charge in [-0.25, -0.2) is 0 Å². The van der Waals surface area contributed by atoms with Gasteiger partial charge < -0.3 is 23.7 Å². The Morgan fingerprint density at radius 3 is 1.63 bits per heavy atom. The standard InChI is InChI=1S/C22H34O8/c1-15-8-6-10-20(23)28-12-17(3)22(25)30-14-19(27-5)16(2)9-7-11-21(24)29-13-18(15)26-4/h6-9,15-19H,10-14H2,1-5H3/b8-6+,9-7+/t15-,16-,17+,18+,19+/m0/s1. The highest BCUT2D eigenvalue weighted by molar-refractivity contribution is 5.74. The van der Waals surface area contributed by atoms with E-state index in [2.05, 4.69) is 0 Å². The SMILES string of the molecule is CO[C@@H]1COC(=O)C/C=C/[C@H](C)[C@H](OC)COC(=O)[C@H](C)COC(=O)C/C=C/[C@@H]1C. The van der Waals surface area contributed by atoms with Gasteiger partial charge in [0.2, 0.25) is 0 Å². The third kappa shape index (κ3) is 9.54. The van der Waals surface area contributed by atoms with Crippen molar-refractivity contribution >= 4 is 17.9 Å². The first-order chi connectivity index (χ1) is 14.3. The maximum absolute atomic E-state index is 12.1. The van der Waals surface area contributed by atoms with Gasteiger partial charge in [0.15, 0.2) is 0 Å². The summed E-state index contributed by atoms with van der Waals surface area (Å²) >= 11 is 0. The molecular weight excluding hydrogens is 392 g/mol. The predicted octanol–water partition coefficient (Wildman–Crippen LogP) is 2.46. The summed E-state index contributed by atoms with van der Waals surface area (Å²) in [5.41, 5.74) is 0. The molecule has 5 atom stereocenters. The minimum atomic E-state index is -0.585. The molecule has 8 heteroatoms. The summed E-state index contributed by atoms with van der Waals surface area (Å²) in [5, 5.41) is 0. The highest BCUT2D eigenvalue weighted by Crippen LogP contribution is 2.13. The molecule has 0 fully saturated rings. The number of hydrogen-bond acceptors (Lipinski definition) is 8. The van der Waals surface area contributed by atoms with Crippen molar-refractivity contribution in [2.24, 2.45) is 17.8 Å². The van der Waals surface area contributed by atoms with E-state index in [1.165, 1.54) is 7.11 Å². The van der Waals surface area contributed by atoms with E-state index in [0.717, 1.165) is 0 Å². The first kappa shape index (κ1) is 25.8. The van der Waals surface area contributed by atoms with Crippen LogP contribution in [0.25, 0.3) is 0 Å². The topological polar surface area (TPSA) is 97.4 Å². The average molecular weight is 427 g/mol. The zero-order valence-corrected chi connectivity index (χ0v) is 18.5. The largest absolute Gasteiger partial charge is 0.465 e. The number of methoxy groups -OCH3 is 2. The van der Waals surface area contributed by atoms with E-state index in [9.17, 15) is 14.4 Å². The summed E-state index contributed by atoms with van der Waals surface area (Å²) in [7, 11) is 3.07. The minimum absolute atomic E-state index is 0.0508. The molecule has 0 saturated carbocycles. The molecule has 30 heavy (non-hydrogen) atoms. The molecule has 1 heterocycles. The highest BCUT2D eigenvalue weighted by Gasteiger charge is 2.22. The van der Waals surface area contributed by atoms with Gasteiger partial charge >= 0.3 is 17.9 Å². The number of carbonyl (C=O) groups is 3. The van der Waals surface area contributed by atoms with E-state index in [0.29, 0.717) is 0 Å². The fraction of sp³-hybridized carbons (Fsp3) is 0.682. The van der Waals surface area contributed by atoms with Crippen molar-refractivity contribution in [1.29, 1.82) is 0 Å². The lowest BCUT2D eigenvalue weighted by Gasteiger charge is -2.21. The Balaban J connectivity index is 2.86. The molecule has 1 aliphatic heterocycles. The average Bonchev–Trinajstić information content (AvgIpc) is 2.72. The van der Waals surface area contributed by atoms with Gasteiger partial charge in [-0.15, -0.1) is 0 Å². The van der Waals surface area contributed by atoms with Gasteiger partial charge in [0, 0.05) is 26.1 Å². The van der Waals surface area contributed by atoms with Crippen molar-refractivity contribution in [1.82, 2.24) is 0 Å². The quantitative estimate of drug-likeness (QED) is 0.377. The molecule has 0 amide bonds. The second-order valence-electron chi connectivity index (χ2n) is 7.43.